The lowest BCUT2D eigenvalue weighted by Crippen LogP contribution is -2.50. The monoisotopic (exact) mass is 341 g/mol. The number of piperidine rings is 1. The van der Waals surface area contributed by atoms with E-state index in [1.165, 1.54) is 37.0 Å². The fourth-order valence-electron chi connectivity index (χ4n) is 3.74. The summed E-state index contributed by atoms with van der Waals surface area (Å²) in [6.45, 7) is 2.72. The van der Waals surface area contributed by atoms with E-state index in [1.54, 1.807) is 0 Å². The first-order valence-corrected chi connectivity index (χ1v) is 10.4. The predicted molar refractivity (Wildman–Crippen MR) is 88.1 cm³/mol. The summed E-state index contributed by atoms with van der Waals surface area (Å²) in [5.41, 5.74) is 0. The Kier molecular flexibility index (Phi) is 5.23. The van der Waals surface area contributed by atoms with E-state index in [0.717, 1.165) is 29.4 Å². The lowest BCUT2D eigenvalue weighted by atomic mass is 9.78. The molecule has 5 nitrogen and oxygen atoms in total. The van der Waals surface area contributed by atoms with Crippen LogP contribution >= 0.6 is 11.3 Å². The van der Waals surface area contributed by atoms with Crippen molar-refractivity contribution < 1.29 is 9.00 Å². The Balaban J connectivity index is 1.57. The number of aromatic nitrogens is 2. The summed E-state index contributed by atoms with van der Waals surface area (Å²) in [6, 6.07) is 0.399. The normalized spacial score (nSPS) is 26.5. The zero-order valence-electron chi connectivity index (χ0n) is 13.0. The third kappa shape index (κ3) is 3.74. The molecule has 22 heavy (non-hydrogen) atoms. The van der Waals surface area contributed by atoms with Crippen molar-refractivity contribution in [3.05, 3.63) is 10.0 Å². The second-order valence-corrected chi connectivity index (χ2v) is 9.01. The van der Waals surface area contributed by atoms with Gasteiger partial charge in [0.05, 0.1) is 5.75 Å². The maximum Gasteiger partial charge on any atom is 0.235 e. The minimum absolute atomic E-state index is 0.0659. The van der Waals surface area contributed by atoms with Crippen molar-refractivity contribution in [3.8, 4) is 0 Å². The van der Waals surface area contributed by atoms with Gasteiger partial charge in [0.1, 0.15) is 15.8 Å². The molecule has 1 aliphatic heterocycles. The molecule has 3 unspecified atom stereocenters. The van der Waals surface area contributed by atoms with Crippen LogP contribution in [0.1, 0.15) is 48.5 Å². The molecule has 1 saturated heterocycles. The Labute approximate surface area is 138 Å². The maximum atomic E-state index is 12.6. The van der Waals surface area contributed by atoms with E-state index in [4.69, 9.17) is 0 Å². The van der Waals surface area contributed by atoms with E-state index < -0.39 is 10.8 Å². The first kappa shape index (κ1) is 16.1. The number of rotatable bonds is 4. The number of likely N-dealkylation sites (tertiary alicyclic amines) is 1. The van der Waals surface area contributed by atoms with Crippen LogP contribution in [0.15, 0.2) is 0 Å². The summed E-state index contributed by atoms with van der Waals surface area (Å²) in [6.07, 6.45) is 7.24. The second kappa shape index (κ2) is 7.17. The fourth-order valence-corrected chi connectivity index (χ4v) is 5.75. The molecule has 0 N–H and O–H groups in total. The largest absolute Gasteiger partial charge is 0.339 e. The Hall–Kier alpha value is -0.820. The van der Waals surface area contributed by atoms with Gasteiger partial charge in [-0.15, -0.1) is 21.5 Å². The number of hydrogen-bond donors (Lipinski definition) is 0. The Morgan fingerprint density at radius 1 is 1.27 bits per heavy atom. The predicted octanol–water partition coefficient (Wildman–Crippen LogP) is 2.28. The molecule has 0 aromatic carbocycles. The van der Waals surface area contributed by atoms with Crippen LogP contribution in [-0.4, -0.2) is 43.6 Å². The van der Waals surface area contributed by atoms with Crippen molar-refractivity contribution in [2.75, 3.05) is 12.3 Å². The number of hydrogen-bond acceptors (Lipinski definition) is 5. The molecule has 2 aliphatic rings. The van der Waals surface area contributed by atoms with Gasteiger partial charge in [0.25, 0.3) is 0 Å². The van der Waals surface area contributed by atoms with Crippen molar-refractivity contribution >= 4 is 28.0 Å². The molecule has 1 aromatic rings. The van der Waals surface area contributed by atoms with Crippen LogP contribution in [-0.2, 0) is 21.3 Å². The third-order valence-electron chi connectivity index (χ3n) is 4.70. The molecule has 1 aromatic heterocycles. The van der Waals surface area contributed by atoms with E-state index in [0.29, 0.717) is 17.7 Å². The lowest BCUT2D eigenvalue weighted by Gasteiger charge is -2.44. The van der Waals surface area contributed by atoms with Crippen LogP contribution in [0.2, 0.25) is 0 Å². The molecule has 0 bridgehead atoms. The highest BCUT2D eigenvalue weighted by molar-refractivity contribution is 7.85. The molecule has 3 rings (SSSR count). The van der Waals surface area contributed by atoms with Gasteiger partial charge < -0.3 is 4.90 Å². The van der Waals surface area contributed by atoms with E-state index >= 15 is 0 Å². The van der Waals surface area contributed by atoms with E-state index in [-0.39, 0.29) is 11.7 Å². The van der Waals surface area contributed by atoms with Crippen LogP contribution in [0.25, 0.3) is 0 Å². The molecular formula is C15H23N3O2S2. The summed E-state index contributed by atoms with van der Waals surface area (Å²) >= 11 is 1.46. The van der Waals surface area contributed by atoms with Gasteiger partial charge in [0.15, 0.2) is 0 Å². The van der Waals surface area contributed by atoms with Crippen molar-refractivity contribution in [2.24, 2.45) is 5.92 Å². The van der Waals surface area contributed by atoms with Gasteiger partial charge in [-0.25, -0.2) is 0 Å². The zero-order valence-corrected chi connectivity index (χ0v) is 14.6. The summed E-state index contributed by atoms with van der Waals surface area (Å²) in [5, 5.41) is 9.56. The average molecular weight is 342 g/mol. The molecule has 0 radical (unpaired) electrons. The summed E-state index contributed by atoms with van der Waals surface area (Å²) in [7, 11) is -1.18. The van der Waals surface area contributed by atoms with Gasteiger partial charge >= 0.3 is 0 Å². The lowest BCUT2D eigenvalue weighted by molar-refractivity contribution is -0.134. The minimum atomic E-state index is -1.18. The molecule has 2 heterocycles. The first-order valence-electron chi connectivity index (χ1n) is 8.07. The molecule has 1 amide bonds. The Bertz CT molecular complexity index is 559. The quantitative estimate of drug-likeness (QED) is 0.843. The van der Waals surface area contributed by atoms with Crippen molar-refractivity contribution in [3.63, 3.8) is 0 Å². The van der Waals surface area contributed by atoms with E-state index in [1.807, 2.05) is 11.8 Å². The van der Waals surface area contributed by atoms with Crippen LogP contribution in [0.5, 0.6) is 0 Å². The number of carbonyl (C=O) groups is 1. The van der Waals surface area contributed by atoms with Gasteiger partial charge in [0.2, 0.25) is 5.91 Å². The van der Waals surface area contributed by atoms with Gasteiger partial charge in [-0.2, -0.15) is 0 Å². The molecule has 3 atom stereocenters. The molecule has 1 aliphatic carbocycles. The zero-order chi connectivity index (χ0) is 15.5. The number of fused-ring (bicyclic) bond motifs is 1. The molecular weight excluding hydrogens is 318 g/mol. The standard InChI is InChI=1S/C15H23N3O2S2/c1-11-16-17-14(21-11)9-22(20)10-15(19)18-8-4-6-12-5-2-3-7-13(12)18/h12-13H,2-10H2,1H3. The topological polar surface area (TPSA) is 63.2 Å². The Morgan fingerprint density at radius 2 is 2.05 bits per heavy atom. The highest BCUT2D eigenvalue weighted by atomic mass is 32.2. The molecule has 7 heteroatoms. The SMILES string of the molecule is Cc1nnc(CS(=O)CC(=O)N2CCCC3CCCCC32)s1. The van der Waals surface area contributed by atoms with Gasteiger partial charge in [0, 0.05) is 23.4 Å². The first-order chi connectivity index (χ1) is 10.6. The van der Waals surface area contributed by atoms with Crippen LogP contribution in [0, 0.1) is 12.8 Å². The number of carbonyl (C=O) groups excluding carboxylic acids is 1. The molecule has 0 spiro atoms. The van der Waals surface area contributed by atoms with Gasteiger partial charge in [-0.05, 0) is 38.5 Å². The van der Waals surface area contributed by atoms with Crippen molar-refractivity contribution in [1.82, 2.24) is 15.1 Å². The Morgan fingerprint density at radius 3 is 2.82 bits per heavy atom. The minimum Gasteiger partial charge on any atom is -0.339 e. The van der Waals surface area contributed by atoms with Gasteiger partial charge in [-0.1, -0.05) is 12.8 Å². The van der Waals surface area contributed by atoms with Crippen LogP contribution in [0.3, 0.4) is 0 Å². The number of nitrogens with zero attached hydrogens (tertiary/aromatic N) is 3. The molecule has 2 fully saturated rings. The molecule has 122 valence electrons. The van der Waals surface area contributed by atoms with E-state index in [2.05, 4.69) is 10.2 Å². The maximum absolute atomic E-state index is 12.6. The average Bonchev–Trinajstić information content (AvgIpc) is 2.91. The molecule has 1 saturated carbocycles. The number of amides is 1. The van der Waals surface area contributed by atoms with Crippen molar-refractivity contribution in [1.29, 1.82) is 0 Å². The van der Waals surface area contributed by atoms with Crippen molar-refractivity contribution in [2.45, 2.75) is 57.2 Å². The third-order valence-corrected chi connectivity index (χ3v) is 6.89. The number of aryl methyl sites for hydroxylation is 1. The van der Waals surface area contributed by atoms with E-state index in [9.17, 15) is 9.00 Å². The summed E-state index contributed by atoms with van der Waals surface area (Å²) in [5.74, 6) is 1.21. The summed E-state index contributed by atoms with van der Waals surface area (Å²) in [4.78, 5) is 14.6. The van der Waals surface area contributed by atoms with Gasteiger partial charge in [-0.3, -0.25) is 9.00 Å². The second-order valence-electron chi connectivity index (χ2n) is 6.28. The van der Waals surface area contributed by atoms with Crippen LogP contribution in [0.4, 0.5) is 0 Å². The summed E-state index contributed by atoms with van der Waals surface area (Å²) < 4.78 is 12.2. The van der Waals surface area contributed by atoms with Crippen LogP contribution < -0.4 is 0 Å². The fraction of sp³-hybridized carbons (Fsp3) is 0.800. The smallest absolute Gasteiger partial charge is 0.235 e. The highest BCUT2D eigenvalue weighted by Gasteiger charge is 2.35. The highest BCUT2D eigenvalue weighted by Crippen LogP contribution is 2.35.